The lowest BCUT2D eigenvalue weighted by Gasteiger charge is -2.55. The summed E-state index contributed by atoms with van der Waals surface area (Å²) in [5.41, 5.74) is 1.89. The van der Waals surface area contributed by atoms with Gasteiger partial charge in [0.1, 0.15) is 36.0 Å². The number of allylic oxidation sites excluding steroid dienone is 1. The molecule has 1 saturated carbocycles. The van der Waals surface area contributed by atoms with Crippen molar-refractivity contribution in [2.45, 2.75) is 122 Å². The molecule has 13 heteroatoms. The van der Waals surface area contributed by atoms with Gasteiger partial charge >= 0.3 is 0 Å². The molecule has 0 aliphatic heterocycles. The van der Waals surface area contributed by atoms with Crippen LogP contribution >= 0.6 is 0 Å². The number of rotatable bonds is 14. The number of methoxy groups -OCH3 is 1. The van der Waals surface area contributed by atoms with Crippen LogP contribution in [0, 0.1) is 11.8 Å². The van der Waals surface area contributed by atoms with E-state index in [0.717, 1.165) is 22.3 Å². The maximum absolute atomic E-state index is 16.1. The number of ether oxygens (including phenoxy) is 3. The van der Waals surface area contributed by atoms with Crippen molar-refractivity contribution >= 4 is 34.0 Å². The van der Waals surface area contributed by atoms with E-state index >= 15 is 9.59 Å². The predicted molar refractivity (Wildman–Crippen MR) is 254 cm³/mol. The Bertz CT molecular complexity index is 2440. The summed E-state index contributed by atoms with van der Waals surface area (Å²) in [6, 6.07) is 20.8. The van der Waals surface area contributed by atoms with Crippen LogP contribution < -0.4 is 14.2 Å². The number of hydrogen-bond donors (Lipinski definition) is 1. The molecule has 342 valence electrons. The first-order valence-electron chi connectivity index (χ1n) is 22.3. The molecule has 4 atom stereocenters. The first-order valence-corrected chi connectivity index (χ1v) is 28.1. The zero-order chi connectivity index (χ0) is 46.6. The van der Waals surface area contributed by atoms with E-state index in [4.69, 9.17) is 27.6 Å². The molecule has 0 unspecified atom stereocenters. The molecule has 0 spiro atoms. The molecule has 0 amide bonds. The van der Waals surface area contributed by atoms with Crippen molar-refractivity contribution in [3.63, 3.8) is 0 Å². The minimum Gasteiger partial charge on any atom is -0.549 e. The second-order valence-corrected chi connectivity index (χ2v) is 30.3. The molecule has 11 nitrogen and oxygen atoms in total. The van der Waals surface area contributed by atoms with Gasteiger partial charge in [0.15, 0.2) is 19.7 Å². The van der Waals surface area contributed by atoms with Gasteiger partial charge in [0.2, 0.25) is 19.9 Å². The fourth-order valence-corrected chi connectivity index (χ4v) is 11.1. The van der Waals surface area contributed by atoms with Crippen molar-refractivity contribution in [3.8, 4) is 17.4 Å². The zero-order valence-corrected chi connectivity index (χ0v) is 41.9. The molecule has 3 aromatic carbocycles. The minimum absolute atomic E-state index is 0.00559. The van der Waals surface area contributed by atoms with Gasteiger partial charge in [-0.1, -0.05) is 102 Å². The van der Waals surface area contributed by atoms with E-state index in [2.05, 4.69) is 59.8 Å². The normalized spacial score (nSPS) is 21.4. The highest BCUT2D eigenvalue weighted by Crippen LogP contribution is 2.60. The Morgan fingerprint density at radius 1 is 0.859 bits per heavy atom. The van der Waals surface area contributed by atoms with Crippen molar-refractivity contribution in [1.82, 2.24) is 10.1 Å². The topological polar surface area (TPSA) is 130 Å². The van der Waals surface area contributed by atoms with E-state index in [9.17, 15) is 5.11 Å². The van der Waals surface area contributed by atoms with Crippen molar-refractivity contribution in [1.29, 1.82) is 0 Å². The van der Waals surface area contributed by atoms with Gasteiger partial charge in [-0.25, -0.2) is 0 Å². The van der Waals surface area contributed by atoms with Crippen LogP contribution in [0.15, 0.2) is 89.2 Å². The Hall–Kier alpha value is -4.96. The van der Waals surface area contributed by atoms with Crippen LogP contribution in [0.1, 0.15) is 97.9 Å². The number of aromatic nitrogens is 1. The molecule has 7 rings (SSSR count). The van der Waals surface area contributed by atoms with Crippen molar-refractivity contribution in [2.24, 2.45) is 11.8 Å². The van der Waals surface area contributed by atoms with Crippen molar-refractivity contribution in [3.05, 3.63) is 124 Å². The maximum atomic E-state index is 16.1. The third kappa shape index (κ3) is 8.40. The van der Waals surface area contributed by atoms with E-state index in [1.807, 2.05) is 105 Å². The van der Waals surface area contributed by atoms with Crippen molar-refractivity contribution in [2.75, 3.05) is 21.2 Å². The third-order valence-corrected chi connectivity index (χ3v) is 23.1. The third-order valence-electron chi connectivity index (χ3n) is 14.4. The Morgan fingerprint density at radius 3 is 2.02 bits per heavy atom. The van der Waals surface area contributed by atoms with Crippen LogP contribution in [-0.4, -0.2) is 70.2 Å². The summed E-state index contributed by atoms with van der Waals surface area (Å²) in [6.45, 7) is 21.7. The SMILES string of the molecule is COc1cc(CC=CO[Si](C)(C)C(C)(C)C)c(OCc2ccccc2)c2c1C[C@H]1C[C@H]3[C@H](N(C)C)c4onc(OCc5ccccc5)c4C(=O)[C@@]3(O[Si](C)(C)C(C)(C)C)C(=O)C1=C2O. The standard InChI is InChI=1S/C51H66N2O9Si2/c1-49(2,3)63(10,11)60-26-20-25-34-29-38(57-9)36-27-35-28-37-42(53(7)8)45-41(48(52-61-45)59-31-33-23-18-15-19-24-33)47(56)51(37,62-64(12,13)50(4,5)6)46(55)39(35)43(54)40(36)44(34)58-30-32-21-16-14-17-22-32/h14-24,26,29,35,37,42,54H,25,27-28,30-31H2,1-13H3/t35-,37-,42-,51-/m0/s1. The number of carbonyl (C=O) groups is 2. The van der Waals surface area contributed by atoms with Gasteiger partial charge in [-0.05, 0) is 104 Å². The molecule has 4 aromatic rings. The number of ketones is 2. The van der Waals surface area contributed by atoms with Crippen LogP contribution in [0.5, 0.6) is 17.4 Å². The summed E-state index contributed by atoms with van der Waals surface area (Å²) in [4.78, 5) is 33.8. The molecule has 0 radical (unpaired) electrons. The molecule has 1 heterocycles. The molecule has 64 heavy (non-hydrogen) atoms. The molecule has 1 aromatic heterocycles. The van der Waals surface area contributed by atoms with E-state index in [-0.39, 0.29) is 41.0 Å². The first kappa shape index (κ1) is 47.0. The summed E-state index contributed by atoms with van der Waals surface area (Å²) in [5.74, 6) is -1.19. The number of Topliss-reactive ketones (excluding diaryl/α,β-unsaturated/α-hetero) is 2. The van der Waals surface area contributed by atoms with Gasteiger partial charge < -0.3 is 32.7 Å². The second kappa shape index (κ2) is 17.4. The number of carbonyl (C=O) groups excluding carboxylic acids is 2. The quantitative estimate of drug-likeness (QED) is 0.0737. The fraction of sp³-hybridized carbons (Fsp3) is 0.471. The summed E-state index contributed by atoms with van der Waals surface area (Å²) < 4.78 is 38.9. The lowest BCUT2D eigenvalue weighted by molar-refractivity contribution is -0.140. The van der Waals surface area contributed by atoms with Gasteiger partial charge in [0, 0.05) is 22.6 Å². The number of benzene rings is 3. The smallest absolute Gasteiger partial charge is 0.265 e. The largest absolute Gasteiger partial charge is 0.549 e. The van der Waals surface area contributed by atoms with Crippen LogP contribution in [0.25, 0.3) is 5.76 Å². The van der Waals surface area contributed by atoms with Gasteiger partial charge in [0.05, 0.1) is 25.0 Å². The lowest BCUT2D eigenvalue weighted by Crippen LogP contribution is -2.68. The maximum Gasteiger partial charge on any atom is 0.265 e. The lowest BCUT2D eigenvalue weighted by atomic mass is 9.57. The number of aliphatic hydroxyl groups excluding tert-OH is 1. The zero-order valence-electron chi connectivity index (χ0n) is 39.9. The highest BCUT2D eigenvalue weighted by atomic mass is 28.4. The average Bonchev–Trinajstić information content (AvgIpc) is 3.65. The summed E-state index contributed by atoms with van der Waals surface area (Å²) in [7, 11) is 0.397. The summed E-state index contributed by atoms with van der Waals surface area (Å²) in [5, 5.41) is 16.9. The van der Waals surface area contributed by atoms with Gasteiger partial charge in [0.25, 0.3) is 5.88 Å². The molecular weight excluding hydrogens is 841 g/mol. The van der Waals surface area contributed by atoms with Crippen molar-refractivity contribution < 1.29 is 42.3 Å². The number of aliphatic hydroxyl groups is 1. The summed E-state index contributed by atoms with van der Waals surface area (Å²) in [6.07, 6.45) is 4.81. The number of nitrogens with zero attached hydrogens (tertiary/aromatic N) is 2. The molecule has 3 aliphatic carbocycles. The van der Waals surface area contributed by atoms with Crippen LogP contribution in [0.2, 0.25) is 36.3 Å². The van der Waals surface area contributed by atoms with Crippen LogP contribution in [-0.2, 0) is 39.7 Å². The van der Waals surface area contributed by atoms with E-state index in [1.54, 1.807) is 13.4 Å². The molecule has 1 fully saturated rings. The Morgan fingerprint density at radius 2 is 1.45 bits per heavy atom. The Balaban J connectivity index is 1.41. The Kier molecular flexibility index (Phi) is 12.8. The van der Waals surface area contributed by atoms with Crippen LogP contribution in [0.4, 0.5) is 0 Å². The highest BCUT2D eigenvalue weighted by molar-refractivity contribution is 6.75. The van der Waals surface area contributed by atoms with E-state index in [1.165, 1.54) is 0 Å². The monoisotopic (exact) mass is 906 g/mol. The minimum atomic E-state index is -2.94. The van der Waals surface area contributed by atoms with E-state index in [0.29, 0.717) is 42.1 Å². The molecule has 0 bridgehead atoms. The van der Waals surface area contributed by atoms with Gasteiger partial charge in [-0.3, -0.25) is 14.5 Å². The molecule has 1 N–H and O–H groups in total. The molecule has 0 saturated heterocycles. The highest BCUT2D eigenvalue weighted by Gasteiger charge is 2.69. The average molecular weight is 907 g/mol. The Labute approximate surface area is 381 Å². The van der Waals surface area contributed by atoms with E-state index < -0.39 is 56.7 Å². The second-order valence-electron chi connectivity index (χ2n) is 20.8. The van der Waals surface area contributed by atoms with Gasteiger partial charge in [-0.15, -0.1) is 0 Å². The fourth-order valence-electron chi connectivity index (χ4n) is 8.83. The van der Waals surface area contributed by atoms with Crippen LogP contribution in [0.3, 0.4) is 0 Å². The molecule has 3 aliphatic rings. The van der Waals surface area contributed by atoms with Gasteiger partial charge in [-0.2, -0.15) is 0 Å². The predicted octanol–water partition coefficient (Wildman–Crippen LogP) is 11.2. The first-order chi connectivity index (χ1) is 30.0. The molecular formula is C51H66N2O9Si2. The number of hydrogen-bond acceptors (Lipinski definition) is 11. The summed E-state index contributed by atoms with van der Waals surface area (Å²) >= 11 is 0. The number of fused-ring (bicyclic) bond motifs is 4.